The zero-order chi connectivity index (χ0) is 11.2. The lowest BCUT2D eigenvalue weighted by Crippen LogP contribution is -2.29. The van der Waals surface area contributed by atoms with Gasteiger partial charge in [-0.25, -0.2) is 0 Å². The summed E-state index contributed by atoms with van der Waals surface area (Å²) < 4.78 is 11.5. The first-order chi connectivity index (χ1) is 7.84. The van der Waals surface area contributed by atoms with Crippen LogP contribution in [0.3, 0.4) is 0 Å². The molecule has 16 heavy (non-hydrogen) atoms. The normalized spacial score (nSPS) is 25.6. The van der Waals surface area contributed by atoms with E-state index in [1.165, 1.54) is 18.4 Å². The fourth-order valence-electron chi connectivity index (χ4n) is 2.10. The number of ether oxygens (including phenoxy) is 2. The van der Waals surface area contributed by atoms with Crippen LogP contribution in [-0.4, -0.2) is 18.8 Å². The summed E-state index contributed by atoms with van der Waals surface area (Å²) in [5.74, 6) is 0. The topological polar surface area (TPSA) is 18.5 Å². The van der Waals surface area contributed by atoms with Crippen molar-refractivity contribution in [2.24, 2.45) is 0 Å². The largest absolute Gasteiger partial charge is 0.374 e. The van der Waals surface area contributed by atoms with Gasteiger partial charge in [0, 0.05) is 0 Å². The third-order valence-electron chi connectivity index (χ3n) is 2.98. The van der Waals surface area contributed by atoms with Gasteiger partial charge in [-0.1, -0.05) is 30.3 Å². The molecule has 88 valence electrons. The van der Waals surface area contributed by atoms with Crippen LogP contribution in [0, 0.1) is 0 Å². The molecule has 0 aliphatic carbocycles. The zero-order valence-corrected chi connectivity index (χ0v) is 9.89. The molecule has 0 amide bonds. The average Bonchev–Trinajstić information content (AvgIpc) is 2.30. The minimum atomic E-state index is 0.299. The Morgan fingerprint density at radius 1 is 1.25 bits per heavy atom. The second kappa shape index (κ2) is 6.02. The molecule has 0 radical (unpaired) electrons. The average molecular weight is 220 g/mol. The van der Waals surface area contributed by atoms with Gasteiger partial charge in [-0.15, -0.1) is 0 Å². The molecule has 2 rings (SSSR count). The molecule has 0 N–H and O–H groups in total. The molecule has 1 unspecified atom stereocenters. The van der Waals surface area contributed by atoms with E-state index in [0.717, 1.165) is 13.0 Å². The Kier molecular flexibility index (Phi) is 4.37. The lowest BCUT2D eigenvalue weighted by molar-refractivity contribution is -0.0816. The van der Waals surface area contributed by atoms with E-state index < -0.39 is 0 Å². The van der Waals surface area contributed by atoms with Crippen LogP contribution in [0.1, 0.15) is 31.7 Å². The summed E-state index contributed by atoms with van der Waals surface area (Å²) >= 11 is 0. The second-order valence-electron chi connectivity index (χ2n) is 4.50. The van der Waals surface area contributed by atoms with Crippen molar-refractivity contribution >= 4 is 0 Å². The molecule has 0 saturated carbocycles. The summed E-state index contributed by atoms with van der Waals surface area (Å²) in [5.41, 5.74) is 1.23. The molecular weight excluding hydrogens is 200 g/mol. The van der Waals surface area contributed by atoms with Gasteiger partial charge in [-0.05, 0) is 31.7 Å². The van der Waals surface area contributed by atoms with Crippen molar-refractivity contribution in [2.45, 2.75) is 45.0 Å². The zero-order valence-electron chi connectivity index (χ0n) is 9.89. The summed E-state index contributed by atoms with van der Waals surface area (Å²) in [7, 11) is 0. The van der Waals surface area contributed by atoms with E-state index in [1.54, 1.807) is 0 Å². The third kappa shape index (κ3) is 3.62. The van der Waals surface area contributed by atoms with Crippen LogP contribution in [-0.2, 0) is 16.1 Å². The van der Waals surface area contributed by atoms with Gasteiger partial charge in [0.1, 0.15) is 0 Å². The number of rotatable bonds is 4. The minimum Gasteiger partial charge on any atom is -0.374 e. The van der Waals surface area contributed by atoms with Crippen LogP contribution in [0.4, 0.5) is 0 Å². The molecule has 1 aliphatic heterocycles. The predicted molar refractivity (Wildman–Crippen MR) is 64.3 cm³/mol. The molecule has 1 heterocycles. The molecule has 0 aromatic heterocycles. The van der Waals surface area contributed by atoms with Gasteiger partial charge in [0.05, 0.1) is 25.4 Å². The SMILES string of the molecule is CC1CCC[C@@H](COCc2ccccc2)O1. The van der Waals surface area contributed by atoms with Gasteiger partial charge in [-0.2, -0.15) is 0 Å². The maximum absolute atomic E-state index is 5.80. The van der Waals surface area contributed by atoms with Crippen molar-refractivity contribution in [3.63, 3.8) is 0 Å². The number of hydrogen-bond donors (Lipinski definition) is 0. The molecule has 1 aliphatic rings. The highest BCUT2D eigenvalue weighted by atomic mass is 16.5. The Hall–Kier alpha value is -0.860. The Morgan fingerprint density at radius 2 is 2.06 bits per heavy atom. The fourth-order valence-corrected chi connectivity index (χ4v) is 2.10. The first-order valence-corrected chi connectivity index (χ1v) is 6.12. The molecule has 0 bridgehead atoms. The van der Waals surface area contributed by atoms with Crippen molar-refractivity contribution in [3.05, 3.63) is 35.9 Å². The highest BCUT2D eigenvalue weighted by Crippen LogP contribution is 2.18. The Morgan fingerprint density at radius 3 is 2.81 bits per heavy atom. The van der Waals surface area contributed by atoms with Crippen molar-refractivity contribution in [3.8, 4) is 0 Å². The molecule has 0 spiro atoms. The number of benzene rings is 1. The van der Waals surface area contributed by atoms with E-state index in [2.05, 4.69) is 19.1 Å². The van der Waals surface area contributed by atoms with E-state index in [1.807, 2.05) is 18.2 Å². The monoisotopic (exact) mass is 220 g/mol. The van der Waals surface area contributed by atoms with Gasteiger partial charge in [-0.3, -0.25) is 0 Å². The lowest BCUT2D eigenvalue weighted by Gasteiger charge is -2.27. The second-order valence-corrected chi connectivity index (χ2v) is 4.50. The summed E-state index contributed by atoms with van der Waals surface area (Å²) in [6.07, 6.45) is 4.29. The van der Waals surface area contributed by atoms with Crippen LogP contribution < -0.4 is 0 Å². The van der Waals surface area contributed by atoms with E-state index in [0.29, 0.717) is 18.8 Å². The molecule has 2 atom stereocenters. The van der Waals surface area contributed by atoms with Crippen molar-refractivity contribution in [1.29, 1.82) is 0 Å². The first kappa shape index (κ1) is 11.6. The van der Waals surface area contributed by atoms with Crippen LogP contribution in [0.25, 0.3) is 0 Å². The Bertz CT molecular complexity index is 297. The molecule has 1 saturated heterocycles. The summed E-state index contributed by atoms with van der Waals surface area (Å²) in [6.45, 7) is 3.55. The number of hydrogen-bond acceptors (Lipinski definition) is 2. The molecular formula is C14H20O2. The van der Waals surface area contributed by atoms with Crippen molar-refractivity contribution < 1.29 is 9.47 Å². The minimum absolute atomic E-state index is 0.299. The van der Waals surface area contributed by atoms with E-state index in [4.69, 9.17) is 9.47 Å². The summed E-state index contributed by atoms with van der Waals surface area (Å²) in [4.78, 5) is 0. The highest BCUT2D eigenvalue weighted by Gasteiger charge is 2.18. The van der Waals surface area contributed by atoms with E-state index >= 15 is 0 Å². The van der Waals surface area contributed by atoms with Crippen LogP contribution >= 0.6 is 0 Å². The van der Waals surface area contributed by atoms with Crippen LogP contribution in [0.15, 0.2) is 30.3 Å². The standard InChI is InChI=1S/C14H20O2/c1-12-6-5-9-14(16-12)11-15-10-13-7-3-2-4-8-13/h2-4,7-8,12,14H,5-6,9-11H2,1H3/t12?,14-/m0/s1. The maximum atomic E-state index is 5.80. The Labute approximate surface area is 97.6 Å². The molecule has 2 heteroatoms. The maximum Gasteiger partial charge on any atom is 0.0812 e. The van der Waals surface area contributed by atoms with Crippen LogP contribution in [0.2, 0.25) is 0 Å². The van der Waals surface area contributed by atoms with Crippen molar-refractivity contribution in [1.82, 2.24) is 0 Å². The fraction of sp³-hybridized carbons (Fsp3) is 0.571. The quantitative estimate of drug-likeness (QED) is 0.776. The first-order valence-electron chi connectivity index (χ1n) is 6.12. The third-order valence-corrected chi connectivity index (χ3v) is 2.98. The van der Waals surface area contributed by atoms with Gasteiger partial charge in [0.25, 0.3) is 0 Å². The van der Waals surface area contributed by atoms with Crippen molar-refractivity contribution in [2.75, 3.05) is 6.61 Å². The smallest absolute Gasteiger partial charge is 0.0812 e. The van der Waals surface area contributed by atoms with Gasteiger partial charge < -0.3 is 9.47 Å². The molecule has 1 aromatic rings. The van der Waals surface area contributed by atoms with E-state index in [9.17, 15) is 0 Å². The highest BCUT2D eigenvalue weighted by molar-refractivity contribution is 5.13. The van der Waals surface area contributed by atoms with E-state index in [-0.39, 0.29) is 0 Å². The molecule has 2 nitrogen and oxygen atoms in total. The Balaban J connectivity index is 1.68. The van der Waals surface area contributed by atoms with Gasteiger partial charge in [0.15, 0.2) is 0 Å². The van der Waals surface area contributed by atoms with Crippen LogP contribution in [0.5, 0.6) is 0 Å². The summed E-state index contributed by atoms with van der Waals surface area (Å²) in [5, 5.41) is 0. The predicted octanol–water partition coefficient (Wildman–Crippen LogP) is 3.16. The lowest BCUT2D eigenvalue weighted by atomic mass is 10.1. The van der Waals surface area contributed by atoms with Gasteiger partial charge >= 0.3 is 0 Å². The van der Waals surface area contributed by atoms with Gasteiger partial charge in [0.2, 0.25) is 0 Å². The summed E-state index contributed by atoms with van der Waals surface area (Å²) in [6, 6.07) is 10.3. The molecule has 1 fully saturated rings. The molecule has 1 aromatic carbocycles.